The second-order valence-electron chi connectivity index (χ2n) is 3.10. The van der Waals surface area contributed by atoms with Crippen LogP contribution in [0, 0.1) is 0 Å². The van der Waals surface area contributed by atoms with Crippen molar-refractivity contribution in [3.8, 4) is 0 Å². The van der Waals surface area contributed by atoms with Gasteiger partial charge in [0.05, 0.1) is 6.61 Å². The van der Waals surface area contributed by atoms with Crippen molar-refractivity contribution in [3.63, 3.8) is 0 Å². The van der Waals surface area contributed by atoms with Gasteiger partial charge in [-0.05, 0) is 18.1 Å². The summed E-state index contributed by atoms with van der Waals surface area (Å²) in [4.78, 5) is 1.21. The SMILES string of the molecule is CCC(C)Sc1ccccc1CO. The van der Waals surface area contributed by atoms with Crippen molar-refractivity contribution in [2.75, 3.05) is 0 Å². The fraction of sp³-hybridized carbons (Fsp3) is 0.455. The number of thioether (sulfide) groups is 1. The van der Waals surface area contributed by atoms with Crippen LogP contribution in [0.2, 0.25) is 0 Å². The first-order valence-corrected chi connectivity index (χ1v) is 5.51. The molecule has 0 aromatic heterocycles. The Bertz CT molecular complexity index is 260. The van der Waals surface area contributed by atoms with Gasteiger partial charge in [-0.15, -0.1) is 11.8 Å². The van der Waals surface area contributed by atoms with Gasteiger partial charge in [0.2, 0.25) is 0 Å². The van der Waals surface area contributed by atoms with Gasteiger partial charge >= 0.3 is 0 Å². The molecule has 1 unspecified atom stereocenters. The van der Waals surface area contributed by atoms with E-state index in [4.69, 9.17) is 5.11 Å². The van der Waals surface area contributed by atoms with Gasteiger partial charge in [0.1, 0.15) is 0 Å². The van der Waals surface area contributed by atoms with E-state index in [1.165, 1.54) is 4.90 Å². The number of aliphatic hydroxyl groups is 1. The van der Waals surface area contributed by atoms with Crippen LogP contribution >= 0.6 is 11.8 Å². The molecule has 0 saturated carbocycles. The molecule has 1 N–H and O–H groups in total. The normalized spacial score (nSPS) is 12.8. The van der Waals surface area contributed by atoms with E-state index in [-0.39, 0.29) is 6.61 Å². The first-order valence-electron chi connectivity index (χ1n) is 4.63. The van der Waals surface area contributed by atoms with Crippen LogP contribution in [0.25, 0.3) is 0 Å². The van der Waals surface area contributed by atoms with Gasteiger partial charge < -0.3 is 5.11 Å². The van der Waals surface area contributed by atoms with Crippen molar-refractivity contribution in [1.82, 2.24) is 0 Å². The molecule has 1 aromatic carbocycles. The Morgan fingerprint density at radius 2 is 2.08 bits per heavy atom. The molecule has 0 aliphatic carbocycles. The lowest BCUT2D eigenvalue weighted by Gasteiger charge is -2.10. The molecule has 0 spiro atoms. The molecule has 0 aliphatic rings. The molecular formula is C11H16OS. The molecule has 72 valence electrons. The second kappa shape index (κ2) is 5.30. The quantitative estimate of drug-likeness (QED) is 0.747. The lowest BCUT2D eigenvalue weighted by Crippen LogP contribution is -1.94. The van der Waals surface area contributed by atoms with Crippen molar-refractivity contribution < 1.29 is 5.11 Å². The number of hydrogen-bond acceptors (Lipinski definition) is 2. The third kappa shape index (κ3) is 3.05. The van der Waals surface area contributed by atoms with Crippen molar-refractivity contribution in [3.05, 3.63) is 29.8 Å². The van der Waals surface area contributed by atoms with Gasteiger partial charge in [0, 0.05) is 10.1 Å². The van der Waals surface area contributed by atoms with Gasteiger partial charge in [0.25, 0.3) is 0 Å². The maximum Gasteiger partial charge on any atom is 0.0692 e. The summed E-state index contributed by atoms with van der Waals surface area (Å²) < 4.78 is 0. The zero-order valence-electron chi connectivity index (χ0n) is 8.16. The van der Waals surface area contributed by atoms with Crippen LogP contribution in [-0.4, -0.2) is 10.4 Å². The Balaban J connectivity index is 2.74. The lowest BCUT2D eigenvalue weighted by atomic mass is 10.2. The minimum atomic E-state index is 0.138. The summed E-state index contributed by atoms with van der Waals surface area (Å²) in [5.41, 5.74) is 1.04. The molecule has 13 heavy (non-hydrogen) atoms. The smallest absolute Gasteiger partial charge is 0.0692 e. The summed E-state index contributed by atoms with van der Waals surface area (Å²) in [5, 5.41) is 9.71. The average Bonchev–Trinajstić information content (AvgIpc) is 2.18. The van der Waals surface area contributed by atoms with E-state index in [1.54, 1.807) is 0 Å². The zero-order valence-corrected chi connectivity index (χ0v) is 8.97. The number of hydrogen-bond donors (Lipinski definition) is 1. The van der Waals surface area contributed by atoms with Crippen LogP contribution in [0.5, 0.6) is 0 Å². The fourth-order valence-corrected chi connectivity index (χ4v) is 2.09. The van der Waals surface area contributed by atoms with Crippen molar-refractivity contribution >= 4 is 11.8 Å². The van der Waals surface area contributed by atoms with Crippen LogP contribution in [0.1, 0.15) is 25.8 Å². The third-order valence-electron chi connectivity index (χ3n) is 2.05. The molecule has 0 bridgehead atoms. The summed E-state index contributed by atoms with van der Waals surface area (Å²) in [5.74, 6) is 0. The largest absolute Gasteiger partial charge is 0.392 e. The molecule has 0 aliphatic heterocycles. The van der Waals surface area contributed by atoms with E-state index >= 15 is 0 Å². The molecule has 0 saturated heterocycles. The van der Waals surface area contributed by atoms with Gasteiger partial charge in [-0.1, -0.05) is 32.0 Å². The van der Waals surface area contributed by atoms with Crippen molar-refractivity contribution in [1.29, 1.82) is 0 Å². The molecule has 1 rings (SSSR count). The zero-order chi connectivity index (χ0) is 9.68. The topological polar surface area (TPSA) is 20.2 Å². The summed E-state index contributed by atoms with van der Waals surface area (Å²) in [6.45, 7) is 4.53. The van der Waals surface area contributed by atoms with Gasteiger partial charge in [-0.2, -0.15) is 0 Å². The highest BCUT2D eigenvalue weighted by Crippen LogP contribution is 2.27. The van der Waals surface area contributed by atoms with E-state index in [0.29, 0.717) is 5.25 Å². The van der Waals surface area contributed by atoms with E-state index in [2.05, 4.69) is 19.9 Å². The highest BCUT2D eigenvalue weighted by Gasteiger charge is 2.05. The number of benzene rings is 1. The van der Waals surface area contributed by atoms with E-state index in [1.807, 2.05) is 30.0 Å². The van der Waals surface area contributed by atoms with Crippen LogP contribution < -0.4 is 0 Å². The van der Waals surface area contributed by atoms with E-state index in [9.17, 15) is 0 Å². The van der Waals surface area contributed by atoms with Crippen LogP contribution in [-0.2, 0) is 6.61 Å². The Hall–Kier alpha value is -0.470. The first-order chi connectivity index (χ1) is 6.27. The summed E-state index contributed by atoms with van der Waals surface area (Å²) in [7, 11) is 0. The van der Waals surface area contributed by atoms with Crippen molar-refractivity contribution in [2.45, 2.75) is 37.0 Å². The highest BCUT2D eigenvalue weighted by molar-refractivity contribution is 8.00. The minimum Gasteiger partial charge on any atom is -0.392 e. The fourth-order valence-electron chi connectivity index (χ4n) is 1.05. The molecule has 0 amide bonds. The summed E-state index contributed by atoms with van der Waals surface area (Å²) in [6, 6.07) is 8.03. The predicted octanol–water partition coefficient (Wildman–Crippen LogP) is 3.07. The van der Waals surface area contributed by atoms with Gasteiger partial charge in [0.15, 0.2) is 0 Å². The minimum absolute atomic E-state index is 0.138. The van der Waals surface area contributed by atoms with E-state index in [0.717, 1.165) is 12.0 Å². The Morgan fingerprint density at radius 1 is 1.38 bits per heavy atom. The molecule has 1 nitrogen and oxygen atoms in total. The van der Waals surface area contributed by atoms with Gasteiger partial charge in [-0.25, -0.2) is 0 Å². The number of rotatable bonds is 4. The standard InChI is InChI=1S/C11H16OS/c1-3-9(2)13-11-7-5-4-6-10(11)8-12/h4-7,9,12H,3,8H2,1-2H3. The monoisotopic (exact) mass is 196 g/mol. The maximum atomic E-state index is 9.09. The van der Waals surface area contributed by atoms with Crippen LogP contribution in [0.3, 0.4) is 0 Å². The van der Waals surface area contributed by atoms with Crippen molar-refractivity contribution in [2.24, 2.45) is 0 Å². The molecule has 0 radical (unpaired) electrons. The predicted molar refractivity (Wildman–Crippen MR) is 58.0 cm³/mol. The van der Waals surface area contributed by atoms with E-state index < -0.39 is 0 Å². The Kier molecular flexibility index (Phi) is 4.33. The molecule has 1 aromatic rings. The molecule has 1 atom stereocenters. The van der Waals surface area contributed by atoms with Crippen LogP contribution in [0.15, 0.2) is 29.2 Å². The van der Waals surface area contributed by atoms with Crippen LogP contribution in [0.4, 0.5) is 0 Å². The second-order valence-corrected chi connectivity index (χ2v) is 4.58. The number of aliphatic hydroxyl groups excluding tert-OH is 1. The molecule has 0 fully saturated rings. The summed E-state index contributed by atoms with van der Waals surface area (Å²) >= 11 is 1.83. The molecule has 2 heteroatoms. The lowest BCUT2D eigenvalue weighted by molar-refractivity contribution is 0.279. The maximum absolute atomic E-state index is 9.09. The molecule has 0 heterocycles. The third-order valence-corrected chi connectivity index (χ3v) is 3.43. The average molecular weight is 196 g/mol. The van der Waals surface area contributed by atoms with Gasteiger partial charge in [-0.3, -0.25) is 0 Å². The Labute approximate surface area is 84.2 Å². The molecular weight excluding hydrogens is 180 g/mol. The highest BCUT2D eigenvalue weighted by atomic mass is 32.2. The Morgan fingerprint density at radius 3 is 2.69 bits per heavy atom. The summed E-state index contributed by atoms with van der Waals surface area (Å²) in [6.07, 6.45) is 1.16. The first kappa shape index (κ1) is 10.6.